The fraction of sp³-hybridized carbons (Fsp3) is 0.250. The molecular weight excluding hydrogens is 380 g/mol. The normalized spacial score (nSPS) is 11.5. The van der Waals surface area contributed by atoms with Gasteiger partial charge in [0.15, 0.2) is 4.80 Å². The summed E-state index contributed by atoms with van der Waals surface area (Å²) in [7, 11) is 4.51. The predicted molar refractivity (Wildman–Crippen MR) is 106 cm³/mol. The Balaban J connectivity index is 2.10. The molecule has 0 aliphatic rings. The second-order valence-electron chi connectivity index (χ2n) is 5.76. The number of benzene rings is 2. The number of carbonyl (C=O) groups excluding carboxylic acids is 2. The summed E-state index contributed by atoms with van der Waals surface area (Å²) in [6, 6.07) is 9.86. The molecule has 0 atom stereocenters. The number of aryl methyl sites for hydroxylation is 1. The topological polar surface area (TPSA) is 79.1 Å². The number of carbonyl (C=O) groups is 2. The maximum absolute atomic E-state index is 12.7. The molecule has 0 spiro atoms. The molecule has 0 saturated heterocycles. The van der Waals surface area contributed by atoms with E-state index >= 15 is 0 Å². The number of amides is 1. The Kier molecular flexibility index (Phi) is 5.79. The smallest absolute Gasteiger partial charge is 0.337 e. The van der Waals surface area contributed by atoms with E-state index in [4.69, 9.17) is 9.47 Å². The number of rotatable bonds is 5. The second-order valence-corrected chi connectivity index (χ2v) is 6.74. The van der Waals surface area contributed by atoms with Crippen LogP contribution in [0, 0.1) is 0 Å². The summed E-state index contributed by atoms with van der Waals surface area (Å²) >= 11 is 1.36. The van der Waals surface area contributed by atoms with E-state index in [2.05, 4.69) is 9.73 Å². The van der Waals surface area contributed by atoms with Gasteiger partial charge >= 0.3 is 5.97 Å². The zero-order chi connectivity index (χ0) is 20.3. The number of esters is 1. The Hall–Kier alpha value is -3.13. The molecular formula is C20H20N2O5S. The third-order valence-corrected chi connectivity index (χ3v) is 5.35. The monoisotopic (exact) mass is 400 g/mol. The van der Waals surface area contributed by atoms with Crippen LogP contribution in [-0.4, -0.2) is 37.8 Å². The predicted octanol–water partition coefficient (Wildman–Crippen LogP) is 3.27. The quantitative estimate of drug-likeness (QED) is 0.614. The fourth-order valence-electron chi connectivity index (χ4n) is 2.85. The van der Waals surface area contributed by atoms with Crippen molar-refractivity contribution < 1.29 is 23.8 Å². The maximum Gasteiger partial charge on any atom is 0.337 e. The maximum atomic E-state index is 12.7. The number of hydrogen-bond donors (Lipinski definition) is 0. The number of hydrogen-bond acceptors (Lipinski definition) is 6. The van der Waals surface area contributed by atoms with Crippen LogP contribution in [0.3, 0.4) is 0 Å². The van der Waals surface area contributed by atoms with Crippen molar-refractivity contribution in [2.45, 2.75) is 13.5 Å². The Labute approximate surface area is 165 Å². The van der Waals surface area contributed by atoms with Crippen LogP contribution in [0.25, 0.3) is 10.2 Å². The van der Waals surface area contributed by atoms with E-state index in [0.717, 1.165) is 10.2 Å². The van der Waals surface area contributed by atoms with Crippen molar-refractivity contribution >= 4 is 33.4 Å². The van der Waals surface area contributed by atoms with Gasteiger partial charge in [-0.1, -0.05) is 11.3 Å². The molecule has 2 aromatic carbocycles. The van der Waals surface area contributed by atoms with Crippen molar-refractivity contribution in [1.82, 2.24) is 4.57 Å². The second kappa shape index (κ2) is 8.26. The summed E-state index contributed by atoms with van der Waals surface area (Å²) in [6.45, 7) is 2.58. The Morgan fingerprint density at radius 3 is 2.14 bits per heavy atom. The number of thiazole rings is 1. The van der Waals surface area contributed by atoms with Crippen molar-refractivity contribution in [1.29, 1.82) is 0 Å². The standard InChI is InChI=1S/C20H20N2O5S/c1-5-22-16-14(25-2)10-11-15(26-3)17(16)28-20(22)21-18(23)12-6-8-13(9-7-12)19(24)27-4/h6-11H,5H2,1-4H3. The zero-order valence-electron chi connectivity index (χ0n) is 16.0. The average Bonchev–Trinajstić information content (AvgIpc) is 3.10. The average molecular weight is 400 g/mol. The molecule has 0 saturated carbocycles. The lowest BCUT2D eigenvalue weighted by Crippen LogP contribution is -2.16. The van der Waals surface area contributed by atoms with E-state index in [1.54, 1.807) is 38.5 Å². The van der Waals surface area contributed by atoms with E-state index < -0.39 is 11.9 Å². The Morgan fingerprint density at radius 2 is 1.57 bits per heavy atom. The van der Waals surface area contributed by atoms with Crippen molar-refractivity contribution in [3.8, 4) is 11.5 Å². The minimum atomic E-state index is -0.455. The van der Waals surface area contributed by atoms with Gasteiger partial charge in [0.05, 0.1) is 26.9 Å². The first-order chi connectivity index (χ1) is 13.5. The number of aromatic nitrogens is 1. The molecule has 0 aliphatic heterocycles. The van der Waals surface area contributed by atoms with Crippen molar-refractivity contribution in [2.24, 2.45) is 4.99 Å². The molecule has 0 radical (unpaired) electrons. The molecule has 0 fully saturated rings. The molecule has 3 aromatic rings. The van der Waals surface area contributed by atoms with Gasteiger partial charge < -0.3 is 18.8 Å². The molecule has 8 heteroatoms. The molecule has 3 rings (SSSR count). The summed E-state index contributed by atoms with van der Waals surface area (Å²) in [4.78, 5) is 29.0. The largest absolute Gasteiger partial charge is 0.495 e. The summed E-state index contributed by atoms with van der Waals surface area (Å²) in [5.41, 5.74) is 1.59. The van der Waals surface area contributed by atoms with Gasteiger partial charge in [0, 0.05) is 12.1 Å². The highest BCUT2D eigenvalue weighted by Crippen LogP contribution is 2.35. The van der Waals surface area contributed by atoms with Gasteiger partial charge in [-0.25, -0.2) is 4.79 Å². The van der Waals surface area contributed by atoms with E-state index in [9.17, 15) is 9.59 Å². The lowest BCUT2D eigenvalue weighted by Gasteiger charge is -2.08. The number of fused-ring (bicyclic) bond motifs is 1. The van der Waals surface area contributed by atoms with Crippen LogP contribution in [0.5, 0.6) is 11.5 Å². The molecule has 0 N–H and O–H groups in total. The Bertz CT molecular complexity index is 1100. The first-order valence-corrected chi connectivity index (χ1v) is 9.37. The summed E-state index contributed by atoms with van der Waals surface area (Å²) in [6.07, 6.45) is 0. The number of nitrogens with zero attached hydrogens (tertiary/aromatic N) is 2. The molecule has 1 heterocycles. The van der Waals surface area contributed by atoms with Crippen molar-refractivity contribution in [3.63, 3.8) is 0 Å². The van der Waals surface area contributed by atoms with Crippen LogP contribution < -0.4 is 14.3 Å². The van der Waals surface area contributed by atoms with Crippen LogP contribution >= 0.6 is 11.3 Å². The highest BCUT2D eigenvalue weighted by Gasteiger charge is 2.16. The van der Waals surface area contributed by atoms with Crippen LogP contribution in [0.1, 0.15) is 27.6 Å². The van der Waals surface area contributed by atoms with Gasteiger partial charge in [-0.3, -0.25) is 4.79 Å². The molecule has 146 valence electrons. The van der Waals surface area contributed by atoms with Crippen LogP contribution in [0.15, 0.2) is 41.4 Å². The molecule has 0 unspecified atom stereocenters. The van der Waals surface area contributed by atoms with E-state index in [0.29, 0.717) is 34.0 Å². The first kappa shape index (κ1) is 19.6. The van der Waals surface area contributed by atoms with E-state index in [1.165, 1.54) is 18.4 Å². The highest BCUT2D eigenvalue weighted by atomic mass is 32.1. The van der Waals surface area contributed by atoms with Crippen LogP contribution in [-0.2, 0) is 11.3 Å². The minimum Gasteiger partial charge on any atom is -0.495 e. The molecule has 7 nitrogen and oxygen atoms in total. The summed E-state index contributed by atoms with van der Waals surface area (Å²) in [5, 5.41) is 0. The van der Waals surface area contributed by atoms with Gasteiger partial charge in [-0.05, 0) is 43.3 Å². The zero-order valence-corrected chi connectivity index (χ0v) is 16.8. The summed E-state index contributed by atoms with van der Waals surface area (Å²) < 4.78 is 18.4. The molecule has 0 bridgehead atoms. The van der Waals surface area contributed by atoms with E-state index in [1.807, 2.05) is 23.6 Å². The van der Waals surface area contributed by atoms with Gasteiger partial charge in [0.25, 0.3) is 5.91 Å². The third-order valence-electron chi connectivity index (χ3n) is 4.26. The number of ether oxygens (including phenoxy) is 3. The first-order valence-electron chi connectivity index (χ1n) is 8.55. The van der Waals surface area contributed by atoms with Crippen LogP contribution in [0.4, 0.5) is 0 Å². The van der Waals surface area contributed by atoms with Gasteiger partial charge in [0.2, 0.25) is 0 Å². The summed E-state index contributed by atoms with van der Waals surface area (Å²) in [5.74, 6) is 0.524. The number of methoxy groups -OCH3 is 3. The lowest BCUT2D eigenvalue weighted by atomic mass is 10.1. The SMILES string of the molecule is CCn1c(=NC(=O)c2ccc(C(=O)OC)cc2)sc2c(OC)ccc(OC)c21. The lowest BCUT2D eigenvalue weighted by molar-refractivity contribution is 0.0600. The third kappa shape index (κ3) is 3.50. The van der Waals surface area contributed by atoms with Gasteiger partial charge in [-0.2, -0.15) is 4.99 Å². The van der Waals surface area contributed by atoms with Gasteiger partial charge in [-0.15, -0.1) is 0 Å². The van der Waals surface area contributed by atoms with Crippen molar-refractivity contribution in [2.75, 3.05) is 21.3 Å². The fourth-order valence-corrected chi connectivity index (χ4v) is 4.05. The van der Waals surface area contributed by atoms with Gasteiger partial charge in [0.1, 0.15) is 21.7 Å². The molecule has 0 aliphatic carbocycles. The highest BCUT2D eigenvalue weighted by molar-refractivity contribution is 7.16. The molecule has 1 amide bonds. The molecule has 28 heavy (non-hydrogen) atoms. The van der Waals surface area contributed by atoms with Crippen LogP contribution in [0.2, 0.25) is 0 Å². The Morgan fingerprint density at radius 1 is 0.964 bits per heavy atom. The molecule has 1 aromatic heterocycles. The van der Waals surface area contributed by atoms with E-state index in [-0.39, 0.29) is 0 Å². The van der Waals surface area contributed by atoms with Crippen molar-refractivity contribution in [3.05, 3.63) is 52.3 Å². The minimum absolute atomic E-state index is 0.374.